The van der Waals surface area contributed by atoms with Crippen molar-refractivity contribution in [2.75, 3.05) is 5.32 Å². The molecule has 1 atom stereocenters. The number of rotatable bonds is 7. The van der Waals surface area contributed by atoms with E-state index in [0.29, 0.717) is 23.1 Å². The number of halogens is 1. The van der Waals surface area contributed by atoms with E-state index in [0.717, 1.165) is 23.4 Å². The lowest BCUT2D eigenvalue weighted by molar-refractivity contribution is 0.102. The summed E-state index contributed by atoms with van der Waals surface area (Å²) in [5.74, 6) is 1.15. The third-order valence-electron chi connectivity index (χ3n) is 4.79. The number of carbonyl (C=O) groups is 1. The van der Waals surface area contributed by atoms with Crippen LogP contribution < -0.4 is 10.1 Å². The molecule has 0 saturated heterocycles. The zero-order valence-electron chi connectivity index (χ0n) is 16.1. The molecule has 0 spiro atoms. The van der Waals surface area contributed by atoms with Gasteiger partial charge in [-0.3, -0.25) is 4.79 Å². The Hall–Kier alpha value is -2.78. The molecular weight excluding hydrogens is 370 g/mol. The maximum absolute atomic E-state index is 12.5. The Balaban J connectivity index is 1.56. The van der Waals surface area contributed by atoms with Gasteiger partial charge in [-0.1, -0.05) is 49.7 Å². The maximum atomic E-state index is 12.5. The quantitative estimate of drug-likeness (QED) is 0.485. The molecule has 0 fully saturated rings. The number of hydrogen-bond acceptors (Lipinski definition) is 2. The van der Waals surface area contributed by atoms with Gasteiger partial charge in [0.05, 0.1) is 0 Å². The minimum atomic E-state index is -0.124. The zero-order valence-corrected chi connectivity index (χ0v) is 16.9. The molecule has 3 nitrogen and oxygen atoms in total. The second kappa shape index (κ2) is 9.43. The minimum absolute atomic E-state index is 0.124. The summed E-state index contributed by atoms with van der Waals surface area (Å²) in [4.78, 5) is 12.5. The predicted octanol–water partition coefficient (Wildman–Crippen LogP) is 6.68. The molecule has 0 bridgehead atoms. The molecule has 0 aliphatic rings. The highest BCUT2D eigenvalue weighted by atomic mass is 35.5. The average molecular weight is 394 g/mol. The van der Waals surface area contributed by atoms with Gasteiger partial charge in [0.1, 0.15) is 12.4 Å². The summed E-state index contributed by atoms with van der Waals surface area (Å²) in [6.07, 6.45) is 1.10. The summed E-state index contributed by atoms with van der Waals surface area (Å²) < 4.78 is 5.72. The van der Waals surface area contributed by atoms with Gasteiger partial charge in [-0.15, -0.1) is 0 Å². The lowest BCUT2D eigenvalue weighted by atomic mass is 9.98. The molecule has 3 aromatic rings. The first-order valence-electron chi connectivity index (χ1n) is 9.43. The second-order valence-electron chi connectivity index (χ2n) is 6.82. The van der Waals surface area contributed by atoms with Crippen molar-refractivity contribution in [2.45, 2.75) is 32.8 Å². The van der Waals surface area contributed by atoms with Crippen LogP contribution in [-0.2, 0) is 6.61 Å². The zero-order chi connectivity index (χ0) is 19.9. The van der Waals surface area contributed by atoms with Crippen LogP contribution in [0.1, 0.15) is 47.7 Å². The summed E-state index contributed by atoms with van der Waals surface area (Å²) in [5.41, 5.74) is 3.68. The molecule has 1 N–H and O–H groups in total. The third-order valence-corrected chi connectivity index (χ3v) is 5.04. The summed E-state index contributed by atoms with van der Waals surface area (Å²) in [7, 11) is 0. The van der Waals surface area contributed by atoms with Gasteiger partial charge in [0.15, 0.2) is 0 Å². The van der Waals surface area contributed by atoms with E-state index in [1.54, 1.807) is 12.1 Å². The topological polar surface area (TPSA) is 38.3 Å². The fourth-order valence-electron chi connectivity index (χ4n) is 2.78. The van der Waals surface area contributed by atoms with Crippen molar-refractivity contribution < 1.29 is 9.53 Å². The van der Waals surface area contributed by atoms with E-state index in [-0.39, 0.29) is 5.91 Å². The highest BCUT2D eigenvalue weighted by Crippen LogP contribution is 2.21. The summed E-state index contributed by atoms with van der Waals surface area (Å²) in [5, 5.41) is 3.62. The van der Waals surface area contributed by atoms with Gasteiger partial charge in [0, 0.05) is 16.3 Å². The van der Waals surface area contributed by atoms with Gasteiger partial charge in [-0.25, -0.2) is 0 Å². The molecule has 0 saturated carbocycles. The van der Waals surface area contributed by atoms with E-state index < -0.39 is 0 Å². The molecular formula is C24H24ClNO2. The second-order valence-corrected chi connectivity index (χ2v) is 7.26. The van der Waals surface area contributed by atoms with Crippen molar-refractivity contribution in [1.29, 1.82) is 0 Å². The van der Waals surface area contributed by atoms with Crippen LogP contribution >= 0.6 is 11.6 Å². The predicted molar refractivity (Wildman–Crippen MR) is 115 cm³/mol. The van der Waals surface area contributed by atoms with Gasteiger partial charge < -0.3 is 10.1 Å². The van der Waals surface area contributed by atoms with Crippen LogP contribution in [0.5, 0.6) is 5.75 Å². The van der Waals surface area contributed by atoms with Crippen LogP contribution in [0.2, 0.25) is 5.02 Å². The van der Waals surface area contributed by atoms with Crippen molar-refractivity contribution in [3.8, 4) is 5.75 Å². The number of hydrogen-bond donors (Lipinski definition) is 1. The number of benzene rings is 3. The van der Waals surface area contributed by atoms with Crippen LogP contribution in [0.25, 0.3) is 0 Å². The Morgan fingerprint density at radius 2 is 1.61 bits per heavy atom. The Kier molecular flexibility index (Phi) is 6.72. The lowest BCUT2D eigenvalue weighted by Gasteiger charge is -2.11. The Morgan fingerprint density at radius 3 is 2.21 bits per heavy atom. The molecule has 1 amide bonds. The molecule has 144 valence electrons. The third kappa shape index (κ3) is 5.37. The standard InChI is InChI=1S/C24H24ClNO2/c1-3-17(2)19-8-12-22(13-9-19)26-24(27)20-6-4-18(5-7-20)16-28-23-14-10-21(25)11-15-23/h4-15,17H,3,16H2,1-2H3,(H,26,27)/t17-/m0/s1. The highest BCUT2D eigenvalue weighted by molar-refractivity contribution is 6.30. The van der Waals surface area contributed by atoms with Crippen molar-refractivity contribution in [2.24, 2.45) is 0 Å². The first-order valence-corrected chi connectivity index (χ1v) is 9.81. The van der Waals surface area contributed by atoms with Crippen LogP contribution in [0.3, 0.4) is 0 Å². The molecule has 28 heavy (non-hydrogen) atoms. The lowest BCUT2D eigenvalue weighted by Crippen LogP contribution is -2.12. The molecule has 3 rings (SSSR count). The van der Waals surface area contributed by atoms with E-state index in [9.17, 15) is 4.79 Å². The summed E-state index contributed by atoms with van der Waals surface area (Å²) in [6, 6.07) is 22.7. The van der Waals surface area contributed by atoms with E-state index in [1.165, 1.54) is 5.56 Å². The van der Waals surface area contributed by atoms with Crippen LogP contribution in [0.4, 0.5) is 5.69 Å². The van der Waals surface area contributed by atoms with E-state index in [2.05, 4.69) is 31.3 Å². The first kappa shape index (κ1) is 20.0. The fourth-order valence-corrected chi connectivity index (χ4v) is 2.91. The number of ether oxygens (including phenoxy) is 1. The Labute approximate surface area is 171 Å². The van der Waals surface area contributed by atoms with Crippen molar-refractivity contribution in [3.63, 3.8) is 0 Å². The molecule has 0 aliphatic carbocycles. The SMILES string of the molecule is CC[C@H](C)c1ccc(NC(=O)c2ccc(COc3ccc(Cl)cc3)cc2)cc1. The summed E-state index contributed by atoms with van der Waals surface area (Å²) in [6.45, 7) is 4.80. The number of carbonyl (C=O) groups excluding carboxylic acids is 1. The van der Waals surface area contributed by atoms with Gasteiger partial charge in [-0.05, 0) is 72.0 Å². The van der Waals surface area contributed by atoms with Crippen molar-refractivity contribution in [1.82, 2.24) is 0 Å². The average Bonchev–Trinajstić information content (AvgIpc) is 2.73. The van der Waals surface area contributed by atoms with Crippen molar-refractivity contribution >= 4 is 23.2 Å². The number of nitrogens with one attached hydrogen (secondary N) is 1. The monoisotopic (exact) mass is 393 g/mol. The maximum Gasteiger partial charge on any atom is 0.255 e. The minimum Gasteiger partial charge on any atom is -0.489 e. The Morgan fingerprint density at radius 1 is 0.964 bits per heavy atom. The largest absolute Gasteiger partial charge is 0.489 e. The van der Waals surface area contributed by atoms with Gasteiger partial charge in [-0.2, -0.15) is 0 Å². The molecule has 0 radical (unpaired) electrons. The molecule has 0 unspecified atom stereocenters. The van der Waals surface area contributed by atoms with Gasteiger partial charge in [0.25, 0.3) is 5.91 Å². The molecule has 0 aromatic heterocycles. The highest BCUT2D eigenvalue weighted by Gasteiger charge is 2.08. The number of amides is 1. The fraction of sp³-hybridized carbons (Fsp3) is 0.208. The molecule has 0 heterocycles. The first-order chi connectivity index (χ1) is 13.5. The molecule has 0 aliphatic heterocycles. The van der Waals surface area contributed by atoms with Gasteiger partial charge >= 0.3 is 0 Å². The van der Waals surface area contributed by atoms with Crippen LogP contribution in [0.15, 0.2) is 72.8 Å². The van der Waals surface area contributed by atoms with Crippen molar-refractivity contribution in [3.05, 3.63) is 94.5 Å². The molecule has 3 aromatic carbocycles. The summed E-state index contributed by atoms with van der Waals surface area (Å²) >= 11 is 5.87. The number of anilines is 1. The van der Waals surface area contributed by atoms with Crippen LogP contribution in [-0.4, -0.2) is 5.91 Å². The van der Waals surface area contributed by atoms with E-state index in [1.807, 2.05) is 48.5 Å². The normalized spacial score (nSPS) is 11.7. The van der Waals surface area contributed by atoms with Crippen LogP contribution in [0, 0.1) is 0 Å². The van der Waals surface area contributed by atoms with E-state index in [4.69, 9.17) is 16.3 Å². The Bertz CT molecular complexity index is 903. The van der Waals surface area contributed by atoms with Gasteiger partial charge in [0.2, 0.25) is 0 Å². The van der Waals surface area contributed by atoms with E-state index >= 15 is 0 Å². The molecule has 4 heteroatoms. The smallest absolute Gasteiger partial charge is 0.255 e.